The molecule has 0 atom stereocenters. The number of benzene rings is 2. The molecule has 3 rings (SSSR count). The number of non-ortho nitro benzene ring substituents is 1. The van der Waals surface area contributed by atoms with Crippen LogP contribution in [0.15, 0.2) is 42.5 Å². The van der Waals surface area contributed by atoms with Gasteiger partial charge in [0.05, 0.1) is 10.5 Å². The maximum absolute atomic E-state index is 12.5. The van der Waals surface area contributed by atoms with Gasteiger partial charge in [0.25, 0.3) is 5.69 Å². The first kappa shape index (κ1) is 17.6. The number of fused-ring (bicyclic) bond motifs is 1. The van der Waals surface area contributed by atoms with E-state index in [1.807, 2.05) is 6.07 Å². The molecule has 0 unspecified atom stereocenters. The molecule has 7 heteroatoms. The van der Waals surface area contributed by atoms with E-state index in [4.69, 9.17) is 5.11 Å². The number of aryl methyl sites for hydroxylation is 1. The van der Waals surface area contributed by atoms with E-state index in [1.54, 1.807) is 29.2 Å². The fraction of sp³-hybridized carbons (Fsp3) is 0.263. The highest BCUT2D eigenvalue weighted by Gasteiger charge is 2.21. The van der Waals surface area contributed by atoms with E-state index in [0.717, 1.165) is 16.7 Å². The number of nitrogens with zero attached hydrogens (tertiary/aromatic N) is 2. The number of hydrogen-bond acceptors (Lipinski definition) is 4. The second kappa shape index (κ2) is 7.35. The highest BCUT2D eigenvalue weighted by atomic mass is 16.6. The molecule has 134 valence electrons. The average molecular weight is 354 g/mol. The van der Waals surface area contributed by atoms with Gasteiger partial charge in [0, 0.05) is 31.6 Å². The molecule has 0 fully saturated rings. The van der Waals surface area contributed by atoms with Gasteiger partial charge in [-0.25, -0.2) is 4.79 Å². The van der Waals surface area contributed by atoms with Gasteiger partial charge in [-0.1, -0.05) is 18.2 Å². The molecule has 7 nitrogen and oxygen atoms in total. The number of carbonyl (C=O) groups excluding carboxylic acids is 1. The molecule has 2 aromatic rings. The van der Waals surface area contributed by atoms with Crippen LogP contribution in [0.1, 0.15) is 33.5 Å². The van der Waals surface area contributed by atoms with Crippen molar-refractivity contribution in [2.45, 2.75) is 25.8 Å². The monoisotopic (exact) mass is 354 g/mol. The Labute approximate surface area is 150 Å². The Kier molecular flexibility index (Phi) is 4.97. The number of rotatable bonds is 5. The highest BCUT2D eigenvalue weighted by molar-refractivity contribution is 5.88. The number of nitro groups is 1. The third kappa shape index (κ3) is 3.88. The van der Waals surface area contributed by atoms with Crippen LogP contribution in [0, 0.1) is 10.1 Å². The van der Waals surface area contributed by atoms with Crippen molar-refractivity contribution in [2.24, 2.45) is 0 Å². The second-order valence-electron chi connectivity index (χ2n) is 6.28. The van der Waals surface area contributed by atoms with Crippen molar-refractivity contribution in [3.63, 3.8) is 0 Å². The van der Waals surface area contributed by atoms with Gasteiger partial charge in [0.2, 0.25) is 5.91 Å². The number of aromatic carboxylic acids is 1. The summed E-state index contributed by atoms with van der Waals surface area (Å²) in [5, 5.41) is 19.9. The van der Waals surface area contributed by atoms with Gasteiger partial charge in [0.15, 0.2) is 0 Å². The van der Waals surface area contributed by atoms with E-state index in [-0.39, 0.29) is 23.6 Å². The summed E-state index contributed by atoms with van der Waals surface area (Å²) in [6, 6.07) is 11.3. The van der Waals surface area contributed by atoms with Crippen molar-refractivity contribution in [1.82, 2.24) is 4.90 Å². The minimum atomic E-state index is -0.984. The number of carboxylic acid groups (broad SMARTS) is 1. The van der Waals surface area contributed by atoms with Crippen LogP contribution in [0.2, 0.25) is 0 Å². The molecular weight excluding hydrogens is 336 g/mol. The van der Waals surface area contributed by atoms with Crippen molar-refractivity contribution >= 4 is 17.6 Å². The minimum Gasteiger partial charge on any atom is -0.478 e. The molecule has 1 amide bonds. The molecular formula is C19H18N2O5. The van der Waals surface area contributed by atoms with Crippen molar-refractivity contribution < 1.29 is 19.6 Å². The lowest BCUT2D eigenvalue weighted by atomic mass is 9.97. The fourth-order valence-corrected chi connectivity index (χ4v) is 3.14. The Bertz CT molecular complexity index is 878. The summed E-state index contributed by atoms with van der Waals surface area (Å²) in [6.45, 7) is 0.984. The summed E-state index contributed by atoms with van der Waals surface area (Å²) < 4.78 is 0. The molecule has 1 aliphatic rings. The summed E-state index contributed by atoms with van der Waals surface area (Å²) >= 11 is 0. The van der Waals surface area contributed by atoms with Crippen LogP contribution in [0.5, 0.6) is 0 Å². The quantitative estimate of drug-likeness (QED) is 0.657. The van der Waals surface area contributed by atoms with Gasteiger partial charge < -0.3 is 10.0 Å². The van der Waals surface area contributed by atoms with Gasteiger partial charge in [-0.15, -0.1) is 0 Å². The second-order valence-corrected chi connectivity index (χ2v) is 6.28. The van der Waals surface area contributed by atoms with Gasteiger partial charge in [-0.2, -0.15) is 0 Å². The number of carbonyl (C=O) groups is 2. The minimum absolute atomic E-state index is 0.0167. The lowest BCUT2D eigenvalue weighted by Gasteiger charge is -2.29. The third-order valence-electron chi connectivity index (χ3n) is 4.57. The summed E-state index contributed by atoms with van der Waals surface area (Å²) in [4.78, 5) is 35.7. The molecule has 1 heterocycles. The van der Waals surface area contributed by atoms with Gasteiger partial charge in [-0.3, -0.25) is 14.9 Å². The molecule has 0 aromatic heterocycles. The first-order valence-electron chi connectivity index (χ1n) is 8.30. The third-order valence-corrected chi connectivity index (χ3v) is 4.57. The fourth-order valence-electron chi connectivity index (χ4n) is 3.14. The van der Waals surface area contributed by atoms with Crippen LogP contribution in [-0.2, 0) is 24.2 Å². The largest absolute Gasteiger partial charge is 0.478 e. The Hall–Kier alpha value is -3.22. The number of hydrogen-bond donors (Lipinski definition) is 1. The van der Waals surface area contributed by atoms with Crippen LogP contribution >= 0.6 is 0 Å². The van der Waals surface area contributed by atoms with Crippen molar-refractivity contribution in [1.29, 1.82) is 0 Å². The molecule has 0 saturated heterocycles. The van der Waals surface area contributed by atoms with Crippen LogP contribution < -0.4 is 0 Å². The smallest absolute Gasteiger partial charge is 0.335 e. The summed E-state index contributed by atoms with van der Waals surface area (Å²) in [7, 11) is 0. The van der Waals surface area contributed by atoms with Gasteiger partial charge in [0.1, 0.15) is 0 Å². The molecule has 0 spiro atoms. The van der Waals surface area contributed by atoms with E-state index < -0.39 is 10.9 Å². The van der Waals surface area contributed by atoms with E-state index in [2.05, 4.69) is 0 Å². The van der Waals surface area contributed by atoms with Gasteiger partial charge in [-0.05, 0) is 41.7 Å². The standard InChI is InChI=1S/C19H18N2O5/c22-18(7-4-13-2-1-3-17(10-13)21(25)26)20-9-8-14-5-6-15(19(23)24)11-16(14)12-20/h1-3,5-6,10-11H,4,7-9,12H2,(H,23,24). The topological polar surface area (TPSA) is 101 Å². The summed E-state index contributed by atoms with van der Waals surface area (Å²) in [6.07, 6.45) is 1.38. The molecule has 1 aliphatic heterocycles. The Morgan fingerprint density at radius 2 is 1.96 bits per heavy atom. The zero-order valence-electron chi connectivity index (χ0n) is 14.1. The SMILES string of the molecule is O=C(O)c1ccc2c(c1)CN(C(=O)CCc1cccc([N+](=O)[O-])c1)CC2. The number of nitro benzene ring substituents is 1. The van der Waals surface area contributed by atoms with Crippen LogP contribution in [0.4, 0.5) is 5.69 Å². The van der Waals surface area contributed by atoms with Crippen molar-refractivity contribution in [3.05, 3.63) is 74.8 Å². The molecule has 2 aromatic carbocycles. The molecule has 0 aliphatic carbocycles. The number of carboxylic acids is 1. The molecule has 0 radical (unpaired) electrons. The van der Waals surface area contributed by atoms with Crippen LogP contribution in [0.25, 0.3) is 0 Å². The van der Waals surface area contributed by atoms with Gasteiger partial charge >= 0.3 is 5.97 Å². The van der Waals surface area contributed by atoms with E-state index in [0.29, 0.717) is 25.9 Å². The lowest BCUT2D eigenvalue weighted by Crippen LogP contribution is -2.36. The average Bonchev–Trinajstić information content (AvgIpc) is 2.65. The first-order chi connectivity index (χ1) is 12.4. The predicted molar refractivity (Wildman–Crippen MR) is 93.9 cm³/mol. The molecule has 0 bridgehead atoms. The molecule has 1 N–H and O–H groups in total. The van der Waals surface area contributed by atoms with E-state index >= 15 is 0 Å². The zero-order valence-corrected chi connectivity index (χ0v) is 14.1. The number of amides is 1. The van der Waals surface area contributed by atoms with Crippen molar-refractivity contribution in [3.8, 4) is 0 Å². The summed E-state index contributed by atoms with van der Waals surface area (Å²) in [5.41, 5.74) is 2.91. The predicted octanol–water partition coefficient (Wildman–Crippen LogP) is 2.81. The Morgan fingerprint density at radius 1 is 1.15 bits per heavy atom. The Morgan fingerprint density at radius 3 is 2.69 bits per heavy atom. The van der Waals surface area contributed by atoms with Crippen LogP contribution in [-0.4, -0.2) is 33.4 Å². The van der Waals surface area contributed by atoms with E-state index in [9.17, 15) is 19.7 Å². The lowest BCUT2D eigenvalue weighted by molar-refractivity contribution is -0.384. The first-order valence-corrected chi connectivity index (χ1v) is 8.30. The maximum atomic E-state index is 12.5. The molecule has 0 saturated carbocycles. The molecule has 26 heavy (non-hydrogen) atoms. The normalized spacial score (nSPS) is 13.2. The Balaban J connectivity index is 1.64. The summed E-state index contributed by atoms with van der Waals surface area (Å²) in [5.74, 6) is -1.02. The highest BCUT2D eigenvalue weighted by Crippen LogP contribution is 2.22. The maximum Gasteiger partial charge on any atom is 0.335 e. The zero-order chi connectivity index (χ0) is 18.7. The van der Waals surface area contributed by atoms with E-state index in [1.165, 1.54) is 12.1 Å². The van der Waals surface area contributed by atoms with Crippen LogP contribution in [0.3, 0.4) is 0 Å². The van der Waals surface area contributed by atoms with Crippen molar-refractivity contribution in [2.75, 3.05) is 6.54 Å².